The lowest BCUT2D eigenvalue weighted by Crippen LogP contribution is -1.91. The molecule has 0 aliphatic rings. The molecule has 17 heavy (non-hydrogen) atoms. The number of ether oxygens (including phenoxy) is 1. The maximum Gasteiger partial charge on any atom is 0.159 e. The van der Waals surface area contributed by atoms with Crippen LogP contribution in [0.25, 0.3) is 0 Å². The molecule has 2 nitrogen and oxygen atoms in total. The standard InChI is InChI=1S/C14H11BrO2/c1-10(16)11-5-7-13(8-6-11)17-14-4-2-3-12(15)9-14/h2-9H,1H3. The molecule has 0 atom stereocenters. The van der Waals surface area contributed by atoms with Crippen molar-refractivity contribution in [3.05, 3.63) is 58.6 Å². The molecule has 0 saturated heterocycles. The summed E-state index contributed by atoms with van der Waals surface area (Å²) in [6, 6.07) is 14.7. The van der Waals surface area contributed by atoms with Crippen LogP contribution < -0.4 is 4.74 Å². The molecule has 0 radical (unpaired) electrons. The van der Waals surface area contributed by atoms with Gasteiger partial charge in [0.2, 0.25) is 0 Å². The van der Waals surface area contributed by atoms with Crippen molar-refractivity contribution in [1.29, 1.82) is 0 Å². The van der Waals surface area contributed by atoms with Crippen LogP contribution in [-0.2, 0) is 0 Å². The van der Waals surface area contributed by atoms with Crippen molar-refractivity contribution in [2.75, 3.05) is 0 Å². The second-order valence-corrected chi connectivity index (χ2v) is 4.56. The summed E-state index contributed by atoms with van der Waals surface area (Å²) >= 11 is 3.38. The van der Waals surface area contributed by atoms with Gasteiger partial charge in [-0.3, -0.25) is 4.79 Å². The van der Waals surface area contributed by atoms with E-state index in [9.17, 15) is 4.79 Å². The molecule has 86 valence electrons. The molecule has 0 fully saturated rings. The Balaban J connectivity index is 2.16. The summed E-state index contributed by atoms with van der Waals surface area (Å²) in [6.45, 7) is 1.55. The summed E-state index contributed by atoms with van der Waals surface area (Å²) in [5, 5.41) is 0. The molecule has 0 heterocycles. The molecule has 0 aliphatic heterocycles. The Morgan fingerprint density at radius 3 is 2.35 bits per heavy atom. The minimum absolute atomic E-state index is 0.0546. The van der Waals surface area contributed by atoms with Crippen LogP contribution in [0, 0.1) is 0 Å². The number of hydrogen-bond donors (Lipinski definition) is 0. The molecule has 2 aromatic rings. The summed E-state index contributed by atoms with van der Waals surface area (Å²) in [6.07, 6.45) is 0. The van der Waals surface area contributed by atoms with Crippen molar-refractivity contribution < 1.29 is 9.53 Å². The third-order valence-corrected chi connectivity index (χ3v) is 2.79. The zero-order chi connectivity index (χ0) is 12.3. The predicted octanol–water partition coefficient (Wildman–Crippen LogP) is 4.44. The van der Waals surface area contributed by atoms with E-state index in [1.165, 1.54) is 0 Å². The van der Waals surface area contributed by atoms with E-state index in [0.717, 1.165) is 10.2 Å². The summed E-state index contributed by atoms with van der Waals surface area (Å²) in [5.41, 5.74) is 0.687. The monoisotopic (exact) mass is 290 g/mol. The highest BCUT2D eigenvalue weighted by molar-refractivity contribution is 9.10. The molecular weight excluding hydrogens is 280 g/mol. The van der Waals surface area contributed by atoms with E-state index in [1.807, 2.05) is 24.3 Å². The van der Waals surface area contributed by atoms with Crippen molar-refractivity contribution in [3.63, 3.8) is 0 Å². The van der Waals surface area contributed by atoms with Crippen molar-refractivity contribution in [1.82, 2.24) is 0 Å². The zero-order valence-electron chi connectivity index (χ0n) is 9.31. The molecular formula is C14H11BrO2. The van der Waals surface area contributed by atoms with Gasteiger partial charge in [0.15, 0.2) is 5.78 Å². The van der Waals surface area contributed by atoms with E-state index < -0.39 is 0 Å². The number of carbonyl (C=O) groups is 1. The smallest absolute Gasteiger partial charge is 0.159 e. The molecule has 2 aromatic carbocycles. The molecule has 2 rings (SSSR count). The summed E-state index contributed by atoms with van der Waals surface area (Å²) in [7, 11) is 0. The Morgan fingerprint density at radius 2 is 1.76 bits per heavy atom. The Bertz CT molecular complexity index is 532. The second-order valence-electron chi connectivity index (χ2n) is 3.64. The summed E-state index contributed by atoms with van der Waals surface area (Å²) in [4.78, 5) is 11.1. The molecule has 0 aliphatic carbocycles. The third kappa shape index (κ3) is 3.17. The number of hydrogen-bond acceptors (Lipinski definition) is 2. The SMILES string of the molecule is CC(=O)c1ccc(Oc2cccc(Br)c2)cc1. The first-order valence-corrected chi connectivity index (χ1v) is 5.99. The highest BCUT2D eigenvalue weighted by Crippen LogP contribution is 2.24. The largest absolute Gasteiger partial charge is 0.457 e. The first-order valence-electron chi connectivity index (χ1n) is 5.19. The molecule has 3 heteroatoms. The Kier molecular flexibility index (Phi) is 3.59. The van der Waals surface area contributed by atoms with Gasteiger partial charge in [-0.25, -0.2) is 0 Å². The lowest BCUT2D eigenvalue weighted by atomic mass is 10.1. The van der Waals surface area contributed by atoms with Gasteiger partial charge in [0.1, 0.15) is 11.5 Å². The second kappa shape index (κ2) is 5.15. The maximum atomic E-state index is 11.1. The fourth-order valence-electron chi connectivity index (χ4n) is 1.42. The van der Waals surface area contributed by atoms with Gasteiger partial charge in [-0.05, 0) is 49.4 Å². The average molecular weight is 291 g/mol. The molecule has 0 saturated carbocycles. The average Bonchev–Trinajstić information content (AvgIpc) is 2.29. The van der Waals surface area contributed by atoms with Gasteiger partial charge >= 0.3 is 0 Å². The van der Waals surface area contributed by atoms with Crippen LogP contribution in [0.2, 0.25) is 0 Å². The van der Waals surface area contributed by atoms with E-state index in [1.54, 1.807) is 31.2 Å². The normalized spacial score (nSPS) is 10.0. The Morgan fingerprint density at radius 1 is 1.06 bits per heavy atom. The van der Waals surface area contributed by atoms with Gasteiger partial charge in [-0.15, -0.1) is 0 Å². The lowest BCUT2D eigenvalue weighted by Gasteiger charge is -2.06. The van der Waals surface area contributed by atoms with Gasteiger partial charge < -0.3 is 4.74 Å². The van der Waals surface area contributed by atoms with Crippen LogP contribution in [0.4, 0.5) is 0 Å². The van der Waals surface area contributed by atoms with Crippen LogP contribution in [-0.4, -0.2) is 5.78 Å². The topological polar surface area (TPSA) is 26.3 Å². The molecule has 0 bridgehead atoms. The van der Waals surface area contributed by atoms with Crippen LogP contribution in [0.15, 0.2) is 53.0 Å². The fraction of sp³-hybridized carbons (Fsp3) is 0.0714. The Labute approximate surface area is 108 Å². The zero-order valence-corrected chi connectivity index (χ0v) is 10.9. The summed E-state index contributed by atoms with van der Waals surface area (Å²) in [5.74, 6) is 1.53. The van der Waals surface area contributed by atoms with Crippen LogP contribution in [0.5, 0.6) is 11.5 Å². The quantitative estimate of drug-likeness (QED) is 0.781. The van der Waals surface area contributed by atoms with Crippen molar-refractivity contribution in [2.24, 2.45) is 0 Å². The first kappa shape index (κ1) is 11.9. The van der Waals surface area contributed by atoms with Gasteiger partial charge in [0, 0.05) is 10.0 Å². The number of ketones is 1. The number of carbonyl (C=O) groups excluding carboxylic acids is 1. The number of halogens is 1. The van der Waals surface area contributed by atoms with Crippen molar-refractivity contribution in [3.8, 4) is 11.5 Å². The first-order chi connectivity index (χ1) is 8.15. The van der Waals surface area contributed by atoms with Crippen molar-refractivity contribution >= 4 is 21.7 Å². The molecule has 0 amide bonds. The highest BCUT2D eigenvalue weighted by Gasteiger charge is 2.01. The van der Waals surface area contributed by atoms with Gasteiger partial charge in [-0.2, -0.15) is 0 Å². The van der Waals surface area contributed by atoms with Crippen LogP contribution >= 0.6 is 15.9 Å². The van der Waals surface area contributed by atoms with E-state index in [-0.39, 0.29) is 5.78 Å². The minimum Gasteiger partial charge on any atom is -0.457 e. The van der Waals surface area contributed by atoms with Crippen LogP contribution in [0.3, 0.4) is 0 Å². The molecule has 0 spiro atoms. The molecule has 0 unspecified atom stereocenters. The van der Waals surface area contributed by atoms with Crippen LogP contribution in [0.1, 0.15) is 17.3 Å². The molecule has 0 aromatic heterocycles. The highest BCUT2D eigenvalue weighted by atomic mass is 79.9. The van der Waals surface area contributed by atoms with E-state index in [0.29, 0.717) is 11.3 Å². The number of benzene rings is 2. The minimum atomic E-state index is 0.0546. The van der Waals surface area contributed by atoms with Gasteiger partial charge in [-0.1, -0.05) is 22.0 Å². The number of rotatable bonds is 3. The predicted molar refractivity (Wildman–Crippen MR) is 70.7 cm³/mol. The fourth-order valence-corrected chi connectivity index (χ4v) is 1.80. The van der Waals surface area contributed by atoms with Gasteiger partial charge in [0.05, 0.1) is 0 Å². The molecule has 0 N–H and O–H groups in total. The van der Waals surface area contributed by atoms with E-state index in [4.69, 9.17) is 4.74 Å². The maximum absolute atomic E-state index is 11.1. The summed E-state index contributed by atoms with van der Waals surface area (Å²) < 4.78 is 6.62. The van der Waals surface area contributed by atoms with E-state index in [2.05, 4.69) is 15.9 Å². The third-order valence-electron chi connectivity index (χ3n) is 2.29. The van der Waals surface area contributed by atoms with Crippen molar-refractivity contribution in [2.45, 2.75) is 6.92 Å². The lowest BCUT2D eigenvalue weighted by molar-refractivity contribution is 0.101. The van der Waals surface area contributed by atoms with E-state index >= 15 is 0 Å². The Hall–Kier alpha value is -1.61. The van der Waals surface area contributed by atoms with Gasteiger partial charge in [0.25, 0.3) is 0 Å². The number of Topliss-reactive ketones (excluding diaryl/α,β-unsaturated/α-hetero) is 1.